The molecule has 2 aliphatic heterocycles. The second kappa shape index (κ2) is 6.57. The number of amides is 1. The highest BCUT2D eigenvalue weighted by Gasteiger charge is 2.37. The maximum atomic E-state index is 13.2. The van der Waals surface area contributed by atoms with Gasteiger partial charge in [-0.05, 0) is 32.5 Å². The molecule has 0 saturated carbocycles. The van der Waals surface area contributed by atoms with Gasteiger partial charge in [-0.2, -0.15) is 4.98 Å². The largest absolute Gasteiger partial charge is 0.375 e. The molecule has 2 fully saturated rings. The number of carbonyl (C=O) groups excluding carboxylic acids is 1. The molecule has 2 atom stereocenters. The number of morpholine rings is 1. The zero-order valence-electron chi connectivity index (χ0n) is 14.5. The molecule has 0 radical (unpaired) electrons. The maximum absolute atomic E-state index is 13.2. The molecule has 4 rings (SSSR count). The minimum absolute atomic E-state index is 0.00359. The number of ether oxygens (including phenoxy) is 1. The zero-order chi connectivity index (χ0) is 17.4. The molecular weight excluding hydrogens is 320 g/mol. The predicted molar refractivity (Wildman–Crippen MR) is 91.1 cm³/mol. The number of aryl methyl sites for hydroxylation is 1. The Bertz CT molecular complexity index is 775. The molecule has 2 aliphatic rings. The molecule has 0 bridgehead atoms. The number of aromatic nitrogens is 2. The minimum atomic E-state index is 0.00359. The van der Waals surface area contributed by atoms with Gasteiger partial charge in [-0.15, -0.1) is 0 Å². The normalized spacial score (nSPS) is 24.2. The fraction of sp³-hybridized carbons (Fsp3) is 0.500. The number of hydrogen-bond donors (Lipinski definition) is 0. The van der Waals surface area contributed by atoms with Crippen LogP contribution in [0.4, 0.5) is 0 Å². The Balaban J connectivity index is 1.59. The van der Waals surface area contributed by atoms with E-state index in [0.29, 0.717) is 35.9 Å². The van der Waals surface area contributed by atoms with Crippen LogP contribution in [0.5, 0.6) is 0 Å². The Morgan fingerprint density at radius 3 is 2.92 bits per heavy atom. The summed E-state index contributed by atoms with van der Waals surface area (Å²) >= 11 is 0. The van der Waals surface area contributed by atoms with Gasteiger partial charge in [0.2, 0.25) is 0 Å². The number of fused-ring (bicyclic) bond motifs is 1. The molecule has 0 N–H and O–H groups in total. The van der Waals surface area contributed by atoms with Gasteiger partial charge in [0.1, 0.15) is 0 Å². The Hall–Kier alpha value is -2.25. The quantitative estimate of drug-likeness (QED) is 0.825. The van der Waals surface area contributed by atoms with Crippen molar-refractivity contribution < 1.29 is 14.1 Å². The van der Waals surface area contributed by atoms with Crippen molar-refractivity contribution >= 4 is 5.91 Å². The zero-order valence-corrected chi connectivity index (χ0v) is 14.5. The molecule has 3 heterocycles. The summed E-state index contributed by atoms with van der Waals surface area (Å²) in [4.78, 5) is 21.6. The van der Waals surface area contributed by atoms with Crippen molar-refractivity contribution in [2.45, 2.75) is 25.5 Å². The molecule has 25 heavy (non-hydrogen) atoms. The number of rotatable bonds is 2. The van der Waals surface area contributed by atoms with Gasteiger partial charge in [0.15, 0.2) is 5.82 Å². The number of hydrogen-bond acceptors (Lipinski definition) is 6. The third kappa shape index (κ3) is 3.05. The van der Waals surface area contributed by atoms with Crippen molar-refractivity contribution in [1.82, 2.24) is 19.9 Å². The molecule has 1 aromatic heterocycles. The summed E-state index contributed by atoms with van der Waals surface area (Å²) in [5, 5.41) is 3.84. The van der Waals surface area contributed by atoms with Gasteiger partial charge in [-0.1, -0.05) is 17.3 Å². The van der Waals surface area contributed by atoms with Crippen molar-refractivity contribution in [3.8, 4) is 11.5 Å². The first-order chi connectivity index (χ1) is 12.1. The summed E-state index contributed by atoms with van der Waals surface area (Å²) < 4.78 is 11.1. The van der Waals surface area contributed by atoms with Gasteiger partial charge in [0.25, 0.3) is 11.8 Å². The van der Waals surface area contributed by atoms with E-state index < -0.39 is 0 Å². The van der Waals surface area contributed by atoms with Gasteiger partial charge < -0.3 is 14.2 Å². The lowest BCUT2D eigenvalue weighted by Gasteiger charge is -2.45. The summed E-state index contributed by atoms with van der Waals surface area (Å²) in [6.45, 7) is 4.81. The smallest absolute Gasteiger partial charge is 0.258 e. The Morgan fingerprint density at radius 1 is 1.28 bits per heavy atom. The van der Waals surface area contributed by atoms with E-state index in [2.05, 4.69) is 22.1 Å². The molecule has 2 saturated heterocycles. The third-order valence-electron chi connectivity index (χ3n) is 5.06. The number of piperidine rings is 1. The summed E-state index contributed by atoms with van der Waals surface area (Å²) in [6.07, 6.45) is 1.08. The molecule has 2 aromatic rings. The third-order valence-corrected chi connectivity index (χ3v) is 5.06. The molecule has 132 valence electrons. The molecule has 0 unspecified atom stereocenters. The summed E-state index contributed by atoms with van der Waals surface area (Å²) in [5.74, 6) is 0.942. The predicted octanol–water partition coefficient (Wildman–Crippen LogP) is 1.59. The highest BCUT2D eigenvalue weighted by molar-refractivity contribution is 6.00. The first-order valence-corrected chi connectivity index (χ1v) is 8.64. The van der Waals surface area contributed by atoms with E-state index in [1.807, 2.05) is 29.2 Å². The molecule has 1 aromatic carbocycles. The second-order valence-corrected chi connectivity index (χ2v) is 6.69. The number of likely N-dealkylation sites (N-methyl/N-ethyl adjacent to an activating group) is 1. The molecule has 7 heteroatoms. The van der Waals surface area contributed by atoms with E-state index in [9.17, 15) is 4.79 Å². The molecule has 0 spiro atoms. The van der Waals surface area contributed by atoms with E-state index in [1.54, 1.807) is 6.92 Å². The first-order valence-electron chi connectivity index (χ1n) is 8.64. The van der Waals surface area contributed by atoms with Crippen molar-refractivity contribution in [2.75, 3.05) is 33.3 Å². The monoisotopic (exact) mass is 342 g/mol. The lowest BCUT2D eigenvalue weighted by molar-refractivity contribution is -0.0893. The standard InChI is InChI=1S/C18H22N4O3/c1-12-19-17(25-20-12)13-5-3-4-6-14(13)18(23)22-8-7-16-15(11-22)21(2)9-10-24-16/h3-6,15-16H,7-11H2,1-2H3/t15-,16+/m0/s1. The Kier molecular flexibility index (Phi) is 4.27. The van der Waals surface area contributed by atoms with Crippen LogP contribution in [-0.2, 0) is 4.74 Å². The fourth-order valence-electron chi connectivity index (χ4n) is 3.66. The lowest BCUT2D eigenvalue weighted by atomic mass is 9.97. The first kappa shape index (κ1) is 16.2. The average molecular weight is 342 g/mol. The highest BCUT2D eigenvalue weighted by Crippen LogP contribution is 2.27. The van der Waals surface area contributed by atoms with Crippen molar-refractivity contribution in [3.63, 3.8) is 0 Å². The Labute approximate surface area is 146 Å². The Morgan fingerprint density at radius 2 is 2.12 bits per heavy atom. The van der Waals surface area contributed by atoms with E-state index in [-0.39, 0.29) is 18.1 Å². The van der Waals surface area contributed by atoms with Gasteiger partial charge in [0, 0.05) is 19.6 Å². The van der Waals surface area contributed by atoms with Crippen LogP contribution in [0.2, 0.25) is 0 Å². The fourth-order valence-corrected chi connectivity index (χ4v) is 3.66. The van der Waals surface area contributed by atoms with Crippen molar-refractivity contribution in [2.24, 2.45) is 0 Å². The van der Waals surface area contributed by atoms with E-state index in [0.717, 1.165) is 19.6 Å². The van der Waals surface area contributed by atoms with Crippen LogP contribution < -0.4 is 0 Å². The SMILES string of the molecule is Cc1noc(-c2ccccc2C(=O)N2CC[C@H]3OCCN(C)[C@H]3C2)n1. The highest BCUT2D eigenvalue weighted by atomic mass is 16.5. The van der Waals surface area contributed by atoms with E-state index >= 15 is 0 Å². The van der Waals surface area contributed by atoms with Gasteiger partial charge in [-0.3, -0.25) is 9.69 Å². The number of nitrogens with zero attached hydrogens (tertiary/aromatic N) is 4. The van der Waals surface area contributed by atoms with Crippen LogP contribution >= 0.6 is 0 Å². The van der Waals surface area contributed by atoms with Crippen LogP contribution in [0.25, 0.3) is 11.5 Å². The van der Waals surface area contributed by atoms with Crippen molar-refractivity contribution in [1.29, 1.82) is 0 Å². The van der Waals surface area contributed by atoms with Crippen LogP contribution in [0.1, 0.15) is 22.6 Å². The summed E-state index contributed by atoms with van der Waals surface area (Å²) in [5.41, 5.74) is 1.28. The van der Waals surface area contributed by atoms with Crippen molar-refractivity contribution in [3.05, 3.63) is 35.7 Å². The lowest BCUT2D eigenvalue weighted by Crippen LogP contribution is -2.59. The van der Waals surface area contributed by atoms with Gasteiger partial charge >= 0.3 is 0 Å². The average Bonchev–Trinajstić information content (AvgIpc) is 3.07. The van der Waals surface area contributed by atoms with Crippen LogP contribution in [0.3, 0.4) is 0 Å². The topological polar surface area (TPSA) is 71.7 Å². The van der Waals surface area contributed by atoms with Crippen LogP contribution in [-0.4, -0.2) is 71.3 Å². The molecular formula is C18H22N4O3. The number of benzene rings is 1. The van der Waals surface area contributed by atoms with Gasteiger partial charge in [-0.25, -0.2) is 0 Å². The van der Waals surface area contributed by atoms with E-state index in [4.69, 9.17) is 9.26 Å². The van der Waals surface area contributed by atoms with Crippen LogP contribution in [0, 0.1) is 6.92 Å². The second-order valence-electron chi connectivity index (χ2n) is 6.69. The number of likely N-dealkylation sites (tertiary alicyclic amines) is 1. The minimum Gasteiger partial charge on any atom is -0.375 e. The maximum Gasteiger partial charge on any atom is 0.258 e. The summed E-state index contributed by atoms with van der Waals surface area (Å²) in [7, 11) is 2.10. The molecule has 7 nitrogen and oxygen atoms in total. The van der Waals surface area contributed by atoms with Gasteiger partial charge in [0.05, 0.1) is 29.9 Å². The molecule has 1 amide bonds. The van der Waals surface area contributed by atoms with Crippen LogP contribution in [0.15, 0.2) is 28.8 Å². The molecule has 0 aliphatic carbocycles. The van der Waals surface area contributed by atoms with E-state index in [1.165, 1.54) is 0 Å². The number of carbonyl (C=O) groups is 1. The summed E-state index contributed by atoms with van der Waals surface area (Å²) in [6, 6.07) is 7.67.